The molecule has 2 fully saturated rings. The molecule has 2 aliphatic rings. The maximum atomic E-state index is 5.42. The Morgan fingerprint density at radius 3 is 2.52 bits per heavy atom. The molecular formula is C20H35IN4O2. The average Bonchev–Trinajstić information content (AvgIpc) is 3.35. The molecule has 154 valence electrons. The average molecular weight is 490 g/mol. The minimum Gasteiger partial charge on any atom is -0.469 e. The topological polar surface area (TPSA) is 62.0 Å². The predicted octanol–water partition coefficient (Wildman–Crippen LogP) is 3.03. The van der Waals surface area contributed by atoms with Gasteiger partial charge in [0.05, 0.1) is 12.9 Å². The van der Waals surface area contributed by atoms with Crippen molar-refractivity contribution >= 4 is 29.9 Å². The lowest BCUT2D eigenvalue weighted by atomic mass is 10.1. The highest BCUT2D eigenvalue weighted by Gasteiger charge is 2.22. The summed E-state index contributed by atoms with van der Waals surface area (Å²) in [5, 5.41) is 7.35. The Labute approximate surface area is 180 Å². The Morgan fingerprint density at radius 2 is 1.89 bits per heavy atom. The number of rotatable bonds is 8. The molecule has 0 spiro atoms. The van der Waals surface area contributed by atoms with Gasteiger partial charge in [0.15, 0.2) is 5.96 Å². The van der Waals surface area contributed by atoms with E-state index in [1.54, 1.807) is 13.4 Å². The zero-order valence-corrected chi connectivity index (χ0v) is 18.8. The molecule has 0 bridgehead atoms. The normalized spacial score (nSPS) is 19.8. The fourth-order valence-electron chi connectivity index (χ4n) is 3.84. The Morgan fingerprint density at radius 1 is 1.19 bits per heavy atom. The third-order valence-electron chi connectivity index (χ3n) is 5.44. The van der Waals surface area contributed by atoms with Crippen LogP contribution in [0.3, 0.4) is 0 Å². The summed E-state index contributed by atoms with van der Waals surface area (Å²) in [6.07, 6.45) is 10.1. The molecule has 1 saturated carbocycles. The molecule has 2 N–H and O–H groups in total. The lowest BCUT2D eigenvalue weighted by Crippen LogP contribution is -2.51. The van der Waals surface area contributed by atoms with Gasteiger partial charge in [0.1, 0.15) is 5.76 Å². The second-order valence-corrected chi connectivity index (χ2v) is 7.44. The van der Waals surface area contributed by atoms with E-state index in [2.05, 4.69) is 15.5 Å². The lowest BCUT2D eigenvalue weighted by molar-refractivity contribution is 0.128. The van der Waals surface area contributed by atoms with Crippen molar-refractivity contribution in [3.63, 3.8) is 0 Å². The van der Waals surface area contributed by atoms with Crippen molar-refractivity contribution in [2.24, 2.45) is 4.99 Å². The molecule has 0 amide bonds. The first kappa shape index (κ1) is 22.5. The standard InChI is InChI=1S/C20H34N4O2.HI/c1-25-16-14-24-12-9-18(10-13-24)23-20(22-17-5-2-3-6-17)21-11-8-19-7-4-15-26-19;/h4,7,15,17-18H,2-3,5-6,8-14,16H2,1H3,(H2,21,22,23);1H. The maximum absolute atomic E-state index is 5.42. The highest BCUT2D eigenvalue weighted by atomic mass is 127. The first-order chi connectivity index (χ1) is 12.8. The summed E-state index contributed by atoms with van der Waals surface area (Å²) in [7, 11) is 1.77. The molecule has 1 aromatic heterocycles. The van der Waals surface area contributed by atoms with E-state index in [4.69, 9.17) is 14.1 Å². The van der Waals surface area contributed by atoms with E-state index >= 15 is 0 Å². The first-order valence-electron chi connectivity index (χ1n) is 10.1. The molecule has 27 heavy (non-hydrogen) atoms. The van der Waals surface area contributed by atoms with Crippen LogP contribution in [-0.2, 0) is 11.2 Å². The number of likely N-dealkylation sites (tertiary alicyclic amines) is 1. The SMILES string of the molecule is COCCN1CCC(NC(=NCCc2ccco2)NC2CCCC2)CC1.I. The van der Waals surface area contributed by atoms with Crippen molar-refractivity contribution in [2.75, 3.05) is 39.9 Å². The van der Waals surface area contributed by atoms with Gasteiger partial charge in [-0.15, -0.1) is 24.0 Å². The van der Waals surface area contributed by atoms with E-state index in [9.17, 15) is 0 Å². The van der Waals surface area contributed by atoms with Crippen LogP contribution in [0.1, 0.15) is 44.3 Å². The van der Waals surface area contributed by atoms with Crippen LogP contribution in [0.5, 0.6) is 0 Å². The molecule has 1 aliphatic carbocycles. The molecule has 0 unspecified atom stereocenters. The van der Waals surface area contributed by atoms with Gasteiger partial charge in [-0.1, -0.05) is 12.8 Å². The summed E-state index contributed by atoms with van der Waals surface area (Å²) in [5.74, 6) is 1.99. The van der Waals surface area contributed by atoms with Crippen LogP contribution < -0.4 is 10.6 Å². The van der Waals surface area contributed by atoms with Gasteiger partial charge in [-0.2, -0.15) is 0 Å². The van der Waals surface area contributed by atoms with Crippen LogP contribution in [0.15, 0.2) is 27.8 Å². The second kappa shape index (κ2) is 12.6. The van der Waals surface area contributed by atoms with Crippen molar-refractivity contribution < 1.29 is 9.15 Å². The summed E-state index contributed by atoms with van der Waals surface area (Å²) in [6, 6.07) is 5.03. The van der Waals surface area contributed by atoms with E-state index in [0.29, 0.717) is 12.1 Å². The molecule has 0 aromatic carbocycles. The van der Waals surface area contributed by atoms with Crippen LogP contribution >= 0.6 is 24.0 Å². The predicted molar refractivity (Wildman–Crippen MR) is 120 cm³/mol. The number of furan rings is 1. The van der Waals surface area contributed by atoms with Crippen LogP contribution in [0.25, 0.3) is 0 Å². The monoisotopic (exact) mass is 490 g/mol. The fourth-order valence-corrected chi connectivity index (χ4v) is 3.84. The van der Waals surface area contributed by atoms with Crippen molar-refractivity contribution in [3.05, 3.63) is 24.2 Å². The number of nitrogens with zero attached hydrogens (tertiary/aromatic N) is 2. The minimum atomic E-state index is 0. The third-order valence-corrected chi connectivity index (χ3v) is 5.44. The molecule has 0 atom stereocenters. The Balaban J connectivity index is 0.00000261. The third kappa shape index (κ3) is 7.99. The number of ether oxygens (including phenoxy) is 1. The fraction of sp³-hybridized carbons (Fsp3) is 0.750. The van der Waals surface area contributed by atoms with Gasteiger partial charge in [-0.05, 0) is 37.8 Å². The zero-order chi connectivity index (χ0) is 18.0. The Bertz CT molecular complexity index is 524. The van der Waals surface area contributed by atoms with E-state index in [1.165, 1.54) is 25.7 Å². The number of hydrogen-bond donors (Lipinski definition) is 2. The molecule has 7 heteroatoms. The molecular weight excluding hydrogens is 455 g/mol. The van der Waals surface area contributed by atoms with Crippen molar-refractivity contribution in [2.45, 2.75) is 57.0 Å². The van der Waals surface area contributed by atoms with Gasteiger partial charge in [-0.25, -0.2) is 0 Å². The summed E-state index contributed by atoms with van der Waals surface area (Å²) in [5.41, 5.74) is 0. The summed E-state index contributed by atoms with van der Waals surface area (Å²) < 4.78 is 10.6. The second-order valence-electron chi connectivity index (χ2n) is 7.44. The van der Waals surface area contributed by atoms with E-state index in [0.717, 1.165) is 63.8 Å². The highest BCUT2D eigenvalue weighted by Crippen LogP contribution is 2.18. The number of methoxy groups -OCH3 is 1. The lowest BCUT2D eigenvalue weighted by Gasteiger charge is -2.33. The quantitative estimate of drug-likeness (QED) is 0.333. The number of guanidine groups is 1. The molecule has 2 heterocycles. The molecule has 3 rings (SSSR count). The highest BCUT2D eigenvalue weighted by molar-refractivity contribution is 14.0. The number of aliphatic imine (C=N–C) groups is 1. The van der Waals surface area contributed by atoms with Gasteiger partial charge in [0.2, 0.25) is 0 Å². The number of hydrogen-bond acceptors (Lipinski definition) is 4. The Kier molecular flexibility index (Phi) is 10.5. The zero-order valence-electron chi connectivity index (χ0n) is 16.5. The number of piperidine rings is 1. The van der Waals surface area contributed by atoms with E-state index < -0.39 is 0 Å². The number of nitrogens with one attached hydrogen (secondary N) is 2. The van der Waals surface area contributed by atoms with Crippen LogP contribution in [0.2, 0.25) is 0 Å². The molecule has 1 aromatic rings. The van der Waals surface area contributed by atoms with E-state index in [1.807, 2.05) is 12.1 Å². The van der Waals surface area contributed by atoms with Crippen molar-refractivity contribution in [1.82, 2.24) is 15.5 Å². The van der Waals surface area contributed by atoms with Crippen LogP contribution in [-0.4, -0.2) is 62.8 Å². The van der Waals surface area contributed by atoms with Gasteiger partial charge in [0.25, 0.3) is 0 Å². The molecule has 0 radical (unpaired) electrons. The van der Waals surface area contributed by atoms with Gasteiger partial charge >= 0.3 is 0 Å². The summed E-state index contributed by atoms with van der Waals surface area (Å²) in [4.78, 5) is 7.31. The van der Waals surface area contributed by atoms with Gasteiger partial charge in [0, 0.05) is 51.8 Å². The minimum absolute atomic E-state index is 0. The smallest absolute Gasteiger partial charge is 0.191 e. The first-order valence-corrected chi connectivity index (χ1v) is 10.1. The molecule has 1 saturated heterocycles. The van der Waals surface area contributed by atoms with Gasteiger partial charge < -0.3 is 24.7 Å². The van der Waals surface area contributed by atoms with Crippen molar-refractivity contribution in [1.29, 1.82) is 0 Å². The van der Waals surface area contributed by atoms with E-state index in [-0.39, 0.29) is 24.0 Å². The van der Waals surface area contributed by atoms with Crippen molar-refractivity contribution in [3.8, 4) is 0 Å². The summed E-state index contributed by atoms with van der Waals surface area (Å²) >= 11 is 0. The van der Waals surface area contributed by atoms with Gasteiger partial charge in [-0.3, -0.25) is 4.99 Å². The maximum Gasteiger partial charge on any atom is 0.191 e. The van der Waals surface area contributed by atoms with Crippen LogP contribution in [0.4, 0.5) is 0 Å². The molecule has 1 aliphatic heterocycles. The summed E-state index contributed by atoms with van der Waals surface area (Å²) in [6.45, 7) is 4.87. The molecule has 6 nitrogen and oxygen atoms in total. The Hall–Kier alpha value is -0.800. The number of halogens is 1. The van der Waals surface area contributed by atoms with Crippen LogP contribution in [0, 0.1) is 0 Å². The largest absolute Gasteiger partial charge is 0.469 e.